The molecule has 0 saturated carbocycles. The number of fused-ring (bicyclic) bond motifs is 5. The van der Waals surface area contributed by atoms with Gasteiger partial charge < -0.3 is 0 Å². The summed E-state index contributed by atoms with van der Waals surface area (Å²) in [4.78, 5) is 22.2. The van der Waals surface area contributed by atoms with Gasteiger partial charge in [0.25, 0.3) is 0 Å². The number of rotatable bonds is 4. The molecule has 0 amide bonds. The summed E-state index contributed by atoms with van der Waals surface area (Å²) < 4.78 is 0. The van der Waals surface area contributed by atoms with Crippen LogP contribution >= 0.6 is 11.8 Å². The molecule has 0 spiro atoms. The zero-order valence-electron chi connectivity index (χ0n) is 26.3. The van der Waals surface area contributed by atoms with Gasteiger partial charge in [0.05, 0.1) is 5.69 Å². The monoisotopic (exact) mass is 582 g/mol. The van der Waals surface area contributed by atoms with Crippen LogP contribution in [0.25, 0.3) is 55.0 Å². The first kappa shape index (κ1) is 28.0. The molecule has 6 aromatic rings. The fraction of sp³-hybridized carbons (Fsp3) is 0.316. The fourth-order valence-corrected chi connectivity index (χ4v) is 7.52. The Balaban J connectivity index is 1.48. The second-order valence-corrected chi connectivity index (χ2v) is 14.9. The molecule has 4 nitrogen and oxygen atoms in total. The molecule has 2 aromatic heterocycles. The van der Waals surface area contributed by atoms with Crippen molar-refractivity contribution in [1.82, 2.24) is 19.9 Å². The Kier molecular flexibility index (Phi) is 6.59. The average Bonchev–Trinajstić information content (AvgIpc) is 2.96. The molecule has 0 unspecified atom stereocenters. The standard InChI is InChI=1S/C38H38N4S/c1-20(2)35-40-36(21(3)4)42-37(41-35)24-11-10-23-18-31-32-27(28(23)16-24)13-14-39-33(32)29-17-25-15-22(5)9-12-26(25)30(34(29)43-31)19-38(6,7)8/h9-18,20-21H,19H2,1-8H3. The van der Waals surface area contributed by atoms with Gasteiger partial charge in [-0.25, -0.2) is 15.0 Å². The Bertz CT molecular complexity index is 2060. The maximum absolute atomic E-state index is 5.05. The molecule has 4 aromatic carbocycles. The minimum absolute atomic E-state index is 0.160. The van der Waals surface area contributed by atoms with E-state index in [4.69, 9.17) is 19.9 Å². The molecule has 0 fully saturated rings. The van der Waals surface area contributed by atoms with Gasteiger partial charge in [-0.3, -0.25) is 4.98 Å². The highest BCUT2D eigenvalue weighted by Gasteiger charge is 2.27. The van der Waals surface area contributed by atoms with E-state index in [0.29, 0.717) is 0 Å². The Morgan fingerprint density at radius 3 is 2.19 bits per heavy atom. The SMILES string of the molecule is Cc1ccc2c(CC(C)(C)C)c3c(cc2c1)-c1nccc2c1c(cc1ccc(-c4nc(C(C)C)nc(C(C)C)n4)cc12)S3. The van der Waals surface area contributed by atoms with Crippen LogP contribution in [-0.2, 0) is 6.42 Å². The highest BCUT2D eigenvalue weighted by molar-refractivity contribution is 8.00. The predicted molar refractivity (Wildman–Crippen MR) is 181 cm³/mol. The van der Waals surface area contributed by atoms with Crippen molar-refractivity contribution in [3.63, 3.8) is 0 Å². The minimum atomic E-state index is 0.160. The molecular weight excluding hydrogens is 545 g/mol. The molecule has 0 bridgehead atoms. The Morgan fingerprint density at radius 2 is 1.49 bits per heavy atom. The number of benzene rings is 4. The number of hydrogen-bond donors (Lipinski definition) is 0. The smallest absolute Gasteiger partial charge is 0.163 e. The number of nitrogens with zero attached hydrogens (tertiary/aromatic N) is 4. The lowest BCUT2D eigenvalue weighted by Gasteiger charge is -2.27. The Hall–Kier alpha value is -3.83. The summed E-state index contributed by atoms with van der Waals surface area (Å²) in [6.07, 6.45) is 2.99. The fourth-order valence-electron chi connectivity index (χ4n) is 6.23. The van der Waals surface area contributed by atoms with Crippen LogP contribution in [0.4, 0.5) is 0 Å². The largest absolute Gasteiger partial charge is 0.256 e. The topological polar surface area (TPSA) is 51.6 Å². The Morgan fingerprint density at radius 1 is 0.744 bits per heavy atom. The second-order valence-electron chi connectivity index (χ2n) is 13.9. The van der Waals surface area contributed by atoms with E-state index in [9.17, 15) is 0 Å². The first-order valence-corrected chi connectivity index (χ1v) is 16.1. The van der Waals surface area contributed by atoms with Crippen molar-refractivity contribution in [1.29, 1.82) is 0 Å². The summed E-state index contributed by atoms with van der Waals surface area (Å²) in [5.74, 6) is 2.90. The number of hydrogen-bond acceptors (Lipinski definition) is 5. The molecule has 7 rings (SSSR count). The molecule has 3 heterocycles. The minimum Gasteiger partial charge on any atom is -0.256 e. The van der Waals surface area contributed by atoms with E-state index in [1.165, 1.54) is 58.8 Å². The molecule has 0 N–H and O–H groups in total. The van der Waals surface area contributed by atoms with Crippen LogP contribution in [0.15, 0.2) is 70.6 Å². The van der Waals surface area contributed by atoms with Crippen molar-refractivity contribution in [2.75, 3.05) is 0 Å². The number of pyridine rings is 1. The van der Waals surface area contributed by atoms with E-state index in [0.717, 1.165) is 35.2 Å². The number of aromatic nitrogens is 4. The van der Waals surface area contributed by atoms with Crippen molar-refractivity contribution in [3.8, 4) is 22.6 Å². The van der Waals surface area contributed by atoms with Crippen molar-refractivity contribution in [2.45, 2.75) is 83.4 Å². The van der Waals surface area contributed by atoms with E-state index >= 15 is 0 Å². The van der Waals surface area contributed by atoms with Crippen molar-refractivity contribution >= 4 is 44.1 Å². The van der Waals surface area contributed by atoms with E-state index < -0.39 is 0 Å². The molecule has 0 radical (unpaired) electrons. The third-order valence-electron chi connectivity index (χ3n) is 8.31. The molecule has 0 aliphatic carbocycles. The molecule has 5 heteroatoms. The summed E-state index contributed by atoms with van der Waals surface area (Å²) in [7, 11) is 0. The Labute approximate surface area is 258 Å². The van der Waals surface area contributed by atoms with E-state index in [2.05, 4.69) is 110 Å². The van der Waals surface area contributed by atoms with Gasteiger partial charge >= 0.3 is 0 Å². The van der Waals surface area contributed by atoms with Crippen LogP contribution < -0.4 is 0 Å². The molecule has 1 aliphatic rings. The lowest BCUT2D eigenvalue weighted by atomic mass is 9.84. The summed E-state index contributed by atoms with van der Waals surface area (Å²) in [5.41, 5.74) is 6.22. The maximum atomic E-state index is 5.05. The lowest BCUT2D eigenvalue weighted by molar-refractivity contribution is 0.410. The van der Waals surface area contributed by atoms with Gasteiger partial charge in [-0.05, 0) is 75.5 Å². The molecule has 0 saturated heterocycles. The average molecular weight is 583 g/mol. The molecular formula is C38H38N4S. The van der Waals surface area contributed by atoms with Gasteiger partial charge in [0.15, 0.2) is 5.82 Å². The van der Waals surface area contributed by atoms with Gasteiger partial charge in [-0.1, -0.05) is 96.1 Å². The third-order valence-corrected chi connectivity index (χ3v) is 9.53. The first-order chi connectivity index (χ1) is 20.5. The van der Waals surface area contributed by atoms with Crippen molar-refractivity contribution in [3.05, 3.63) is 83.6 Å². The zero-order chi connectivity index (χ0) is 30.2. The van der Waals surface area contributed by atoms with Crippen LogP contribution in [-0.4, -0.2) is 19.9 Å². The predicted octanol–water partition coefficient (Wildman–Crippen LogP) is 10.7. The normalized spacial score (nSPS) is 13.1. The highest BCUT2D eigenvalue weighted by atomic mass is 32.2. The van der Waals surface area contributed by atoms with Crippen molar-refractivity contribution in [2.24, 2.45) is 5.41 Å². The highest BCUT2D eigenvalue weighted by Crippen LogP contribution is 2.52. The van der Waals surface area contributed by atoms with Gasteiger partial charge in [0, 0.05) is 44.3 Å². The lowest BCUT2D eigenvalue weighted by Crippen LogP contribution is -2.12. The van der Waals surface area contributed by atoms with Crippen LogP contribution in [0.3, 0.4) is 0 Å². The van der Waals surface area contributed by atoms with Crippen LogP contribution in [0.2, 0.25) is 0 Å². The quantitative estimate of drug-likeness (QED) is 0.193. The van der Waals surface area contributed by atoms with E-state index in [-0.39, 0.29) is 17.3 Å². The summed E-state index contributed by atoms with van der Waals surface area (Å²) >= 11 is 1.91. The zero-order valence-corrected chi connectivity index (χ0v) is 27.1. The molecule has 1 aliphatic heterocycles. The van der Waals surface area contributed by atoms with E-state index in [1.807, 2.05) is 18.0 Å². The van der Waals surface area contributed by atoms with Crippen LogP contribution in [0.5, 0.6) is 0 Å². The first-order valence-electron chi connectivity index (χ1n) is 15.3. The molecule has 43 heavy (non-hydrogen) atoms. The molecule has 0 atom stereocenters. The third kappa shape index (κ3) is 4.88. The number of aryl methyl sites for hydroxylation is 1. The van der Waals surface area contributed by atoms with Crippen LogP contribution in [0, 0.1) is 12.3 Å². The van der Waals surface area contributed by atoms with Gasteiger partial charge in [-0.2, -0.15) is 0 Å². The molecule has 216 valence electrons. The van der Waals surface area contributed by atoms with Crippen molar-refractivity contribution < 1.29 is 0 Å². The second kappa shape index (κ2) is 10.1. The summed E-state index contributed by atoms with van der Waals surface area (Å²) in [6.45, 7) is 17.7. The van der Waals surface area contributed by atoms with Gasteiger partial charge in [-0.15, -0.1) is 0 Å². The van der Waals surface area contributed by atoms with E-state index in [1.54, 1.807) is 0 Å². The maximum Gasteiger partial charge on any atom is 0.163 e. The summed E-state index contributed by atoms with van der Waals surface area (Å²) in [6, 6.07) is 20.4. The van der Waals surface area contributed by atoms with Crippen LogP contribution in [0.1, 0.15) is 83.1 Å². The summed E-state index contributed by atoms with van der Waals surface area (Å²) in [5, 5.41) is 7.53. The van der Waals surface area contributed by atoms with Gasteiger partial charge in [0.1, 0.15) is 11.6 Å². The van der Waals surface area contributed by atoms with Gasteiger partial charge in [0.2, 0.25) is 0 Å².